The highest BCUT2D eigenvalue weighted by Crippen LogP contribution is 2.45. The van der Waals surface area contributed by atoms with E-state index in [1.165, 1.54) is 12.8 Å². The molecule has 2 aliphatic carbocycles. The molecule has 4 aliphatic rings. The van der Waals surface area contributed by atoms with Gasteiger partial charge in [0.25, 0.3) is 11.8 Å². The minimum Gasteiger partial charge on any atom is -0.385 e. The number of hydrogen-bond donors (Lipinski definition) is 3. The molecule has 4 amide bonds. The number of amides is 4. The smallest absolute Gasteiger partial charge is 0.262 e. The molecule has 1 aromatic carbocycles. The summed E-state index contributed by atoms with van der Waals surface area (Å²) >= 11 is 0. The highest BCUT2D eigenvalue weighted by molar-refractivity contribution is 6.23. The second-order valence-corrected chi connectivity index (χ2v) is 10.8. The van der Waals surface area contributed by atoms with Crippen molar-refractivity contribution in [1.29, 1.82) is 0 Å². The number of carbonyl (C=O) groups is 4. The van der Waals surface area contributed by atoms with Crippen LogP contribution in [0.5, 0.6) is 0 Å². The van der Waals surface area contributed by atoms with E-state index in [4.69, 9.17) is 10.8 Å². The van der Waals surface area contributed by atoms with Crippen LogP contribution in [0, 0.1) is 5.92 Å². The number of aromatic nitrogens is 3. The van der Waals surface area contributed by atoms with Crippen molar-refractivity contribution in [3.8, 4) is 0 Å². The standard InChI is InChI=1S/C27H27N7O4/c28-21-7-5-18-23(14-1-2-14)32-34(24(18)30-21)16-9-13(10-16)12-29-15-3-4-17-19(11-15)27(38)33(26(17)37)20-6-8-22(35)31-25(20)36/h3-5,7,11,13-14,16,20,29H,1-2,6,8-10,12H2,(H2,28,30)(H,31,35,36). The number of hydrogen-bond acceptors (Lipinski definition) is 8. The fraction of sp³-hybridized carbons (Fsp3) is 0.407. The first-order valence-electron chi connectivity index (χ1n) is 13.1. The Balaban J connectivity index is 1.01. The molecule has 3 fully saturated rings. The zero-order valence-electron chi connectivity index (χ0n) is 20.6. The van der Waals surface area contributed by atoms with Crippen molar-refractivity contribution >= 4 is 46.2 Å². The second-order valence-electron chi connectivity index (χ2n) is 10.8. The van der Waals surface area contributed by atoms with E-state index in [9.17, 15) is 19.2 Å². The van der Waals surface area contributed by atoms with Crippen molar-refractivity contribution < 1.29 is 19.2 Å². The van der Waals surface area contributed by atoms with Crippen LogP contribution < -0.4 is 16.4 Å². The van der Waals surface area contributed by atoms with Gasteiger partial charge in [-0.3, -0.25) is 29.4 Å². The van der Waals surface area contributed by atoms with Crippen LogP contribution in [-0.2, 0) is 9.59 Å². The molecular formula is C27H27N7O4. The summed E-state index contributed by atoms with van der Waals surface area (Å²) in [4.78, 5) is 55.3. The number of fused-ring (bicyclic) bond motifs is 2. The number of imide groups is 2. The van der Waals surface area contributed by atoms with E-state index in [-0.39, 0.29) is 30.0 Å². The molecule has 1 saturated heterocycles. The first-order valence-corrected chi connectivity index (χ1v) is 13.1. The zero-order valence-corrected chi connectivity index (χ0v) is 20.6. The molecule has 4 N–H and O–H groups in total. The van der Waals surface area contributed by atoms with Crippen LogP contribution in [0.15, 0.2) is 30.3 Å². The van der Waals surface area contributed by atoms with E-state index in [0.29, 0.717) is 17.7 Å². The van der Waals surface area contributed by atoms with Crippen molar-refractivity contribution in [3.05, 3.63) is 47.2 Å². The van der Waals surface area contributed by atoms with Crippen LogP contribution in [0.2, 0.25) is 0 Å². The van der Waals surface area contributed by atoms with Gasteiger partial charge in [-0.05, 0) is 68.4 Å². The summed E-state index contributed by atoms with van der Waals surface area (Å²) < 4.78 is 2.05. The van der Waals surface area contributed by atoms with Crippen LogP contribution in [-0.4, -0.2) is 55.9 Å². The highest BCUT2D eigenvalue weighted by Gasteiger charge is 2.44. The Morgan fingerprint density at radius 2 is 1.79 bits per heavy atom. The Hall–Kier alpha value is -4.28. The quantitative estimate of drug-likeness (QED) is 0.425. The third-order valence-electron chi connectivity index (χ3n) is 8.16. The van der Waals surface area contributed by atoms with E-state index in [1.54, 1.807) is 18.2 Å². The number of nitrogen functional groups attached to an aromatic ring is 1. The molecule has 0 bridgehead atoms. The average molecular weight is 514 g/mol. The molecule has 11 nitrogen and oxygen atoms in total. The Labute approximate surface area is 217 Å². The number of nitrogens with two attached hydrogens (primary N) is 1. The van der Waals surface area contributed by atoms with E-state index in [0.717, 1.165) is 46.7 Å². The number of nitrogens with zero attached hydrogens (tertiary/aromatic N) is 4. The molecule has 11 heteroatoms. The Morgan fingerprint density at radius 3 is 2.55 bits per heavy atom. The molecule has 1 unspecified atom stereocenters. The van der Waals surface area contributed by atoms with Gasteiger partial charge >= 0.3 is 0 Å². The monoisotopic (exact) mass is 513 g/mol. The average Bonchev–Trinajstić information content (AvgIpc) is 3.61. The van der Waals surface area contributed by atoms with Crippen molar-refractivity contribution in [3.63, 3.8) is 0 Å². The lowest BCUT2D eigenvalue weighted by Crippen LogP contribution is -2.54. The first-order chi connectivity index (χ1) is 18.4. The van der Waals surface area contributed by atoms with Crippen LogP contribution in [0.4, 0.5) is 11.5 Å². The number of rotatable bonds is 6. The fourth-order valence-electron chi connectivity index (χ4n) is 5.88. The molecule has 0 spiro atoms. The molecular weight excluding hydrogens is 486 g/mol. The van der Waals surface area contributed by atoms with Gasteiger partial charge in [-0.25, -0.2) is 9.67 Å². The number of anilines is 2. The number of pyridine rings is 1. The molecule has 0 radical (unpaired) electrons. The third-order valence-corrected chi connectivity index (χ3v) is 8.16. The lowest BCUT2D eigenvalue weighted by Gasteiger charge is -2.35. The molecule has 2 saturated carbocycles. The molecule has 38 heavy (non-hydrogen) atoms. The van der Waals surface area contributed by atoms with Gasteiger partial charge in [0, 0.05) is 30.0 Å². The molecule has 1 atom stereocenters. The Kier molecular flexibility index (Phi) is 5.04. The van der Waals surface area contributed by atoms with Crippen molar-refractivity contribution in [2.24, 2.45) is 5.92 Å². The molecule has 7 rings (SSSR count). The summed E-state index contributed by atoms with van der Waals surface area (Å²) in [5, 5.41) is 11.7. The molecule has 3 aromatic rings. The SMILES string of the molecule is Nc1ccc2c(C3CC3)nn(C3CC(CNc4ccc5c(c4)C(=O)N(C4CCC(=O)NC4=O)C5=O)C3)c2n1. The van der Waals surface area contributed by atoms with Crippen LogP contribution in [0.25, 0.3) is 11.0 Å². The summed E-state index contributed by atoms with van der Waals surface area (Å²) in [6.07, 6.45) is 4.49. The van der Waals surface area contributed by atoms with E-state index in [2.05, 4.69) is 20.3 Å². The van der Waals surface area contributed by atoms with Crippen molar-refractivity contribution in [1.82, 2.24) is 25.0 Å². The van der Waals surface area contributed by atoms with E-state index < -0.39 is 29.7 Å². The first kappa shape index (κ1) is 22.9. The summed E-state index contributed by atoms with van der Waals surface area (Å²) in [6, 6.07) is 8.26. The molecule has 2 aliphatic heterocycles. The maximum atomic E-state index is 13.1. The number of carbonyl (C=O) groups excluding carboxylic acids is 4. The van der Waals surface area contributed by atoms with E-state index >= 15 is 0 Å². The highest BCUT2D eigenvalue weighted by atomic mass is 16.2. The summed E-state index contributed by atoms with van der Waals surface area (Å²) in [5.74, 6) is -0.552. The summed E-state index contributed by atoms with van der Waals surface area (Å²) in [5.41, 5.74) is 9.27. The lowest BCUT2D eigenvalue weighted by molar-refractivity contribution is -0.136. The largest absolute Gasteiger partial charge is 0.385 e. The van der Waals surface area contributed by atoms with Gasteiger partial charge in [-0.15, -0.1) is 0 Å². The maximum absolute atomic E-state index is 13.1. The van der Waals surface area contributed by atoms with Crippen LogP contribution in [0.3, 0.4) is 0 Å². The number of nitrogens with one attached hydrogen (secondary N) is 2. The van der Waals surface area contributed by atoms with Gasteiger partial charge in [0.15, 0.2) is 5.65 Å². The zero-order chi connectivity index (χ0) is 26.1. The lowest BCUT2D eigenvalue weighted by atomic mass is 9.80. The van der Waals surface area contributed by atoms with Crippen molar-refractivity contribution in [2.45, 2.75) is 56.5 Å². The second kappa shape index (κ2) is 8.37. The van der Waals surface area contributed by atoms with Gasteiger partial charge in [-0.2, -0.15) is 5.10 Å². The number of piperidine rings is 1. The van der Waals surface area contributed by atoms with Crippen LogP contribution in [0.1, 0.15) is 76.9 Å². The normalized spacial score (nSPS) is 24.9. The van der Waals surface area contributed by atoms with Gasteiger partial charge in [-0.1, -0.05) is 0 Å². The van der Waals surface area contributed by atoms with Gasteiger partial charge < -0.3 is 11.1 Å². The topological polar surface area (TPSA) is 152 Å². The molecule has 2 aromatic heterocycles. The predicted octanol–water partition coefficient (Wildman–Crippen LogP) is 2.36. The molecule has 4 heterocycles. The van der Waals surface area contributed by atoms with Gasteiger partial charge in [0.1, 0.15) is 11.9 Å². The van der Waals surface area contributed by atoms with E-state index in [1.807, 2.05) is 12.1 Å². The Morgan fingerprint density at radius 1 is 1.00 bits per heavy atom. The minimum atomic E-state index is -0.966. The van der Waals surface area contributed by atoms with Crippen LogP contribution >= 0.6 is 0 Å². The fourth-order valence-corrected chi connectivity index (χ4v) is 5.88. The minimum absolute atomic E-state index is 0.0959. The maximum Gasteiger partial charge on any atom is 0.262 e. The Bertz CT molecular complexity index is 1540. The van der Waals surface area contributed by atoms with Gasteiger partial charge in [0.05, 0.1) is 22.9 Å². The predicted molar refractivity (Wildman–Crippen MR) is 137 cm³/mol. The van der Waals surface area contributed by atoms with Gasteiger partial charge in [0.2, 0.25) is 11.8 Å². The molecule has 194 valence electrons. The third kappa shape index (κ3) is 3.64. The number of benzene rings is 1. The van der Waals surface area contributed by atoms with Crippen molar-refractivity contribution in [2.75, 3.05) is 17.6 Å². The summed E-state index contributed by atoms with van der Waals surface area (Å²) in [6.45, 7) is 0.721. The summed E-state index contributed by atoms with van der Waals surface area (Å²) in [7, 11) is 0.